The first-order valence-corrected chi connectivity index (χ1v) is 5.68. The molecule has 2 rings (SSSR count). The van der Waals surface area contributed by atoms with E-state index in [9.17, 15) is 0 Å². The van der Waals surface area contributed by atoms with Crippen molar-refractivity contribution in [2.75, 3.05) is 6.61 Å². The molecular weight excluding hydrogens is 224 g/mol. The summed E-state index contributed by atoms with van der Waals surface area (Å²) in [4.78, 5) is 3.18. The minimum absolute atomic E-state index is 0.109. The van der Waals surface area contributed by atoms with Crippen molar-refractivity contribution in [1.29, 1.82) is 0 Å². The standard InChI is InChI=1S/C12H15ClN2O/c1-8(7-16)14-5-9-6-15-12-4-10(13)2-3-11(9)12/h2-4,6,8,14-16H,5,7H2,1H3/t8-/m1/s1. The van der Waals surface area contributed by atoms with Gasteiger partial charge in [-0.05, 0) is 24.6 Å². The number of aromatic nitrogens is 1. The van der Waals surface area contributed by atoms with Gasteiger partial charge in [0.2, 0.25) is 0 Å². The van der Waals surface area contributed by atoms with Crippen LogP contribution in [0.2, 0.25) is 5.02 Å². The summed E-state index contributed by atoms with van der Waals surface area (Å²) in [5, 5.41) is 14.1. The number of nitrogens with one attached hydrogen (secondary N) is 2. The molecule has 1 atom stereocenters. The zero-order valence-corrected chi connectivity index (χ0v) is 9.88. The van der Waals surface area contributed by atoms with Gasteiger partial charge in [0.1, 0.15) is 0 Å². The van der Waals surface area contributed by atoms with Crippen molar-refractivity contribution in [1.82, 2.24) is 10.3 Å². The molecule has 1 aromatic heterocycles. The van der Waals surface area contributed by atoms with Crippen molar-refractivity contribution in [2.24, 2.45) is 0 Å². The van der Waals surface area contributed by atoms with Crippen LogP contribution in [0.3, 0.4) is 0 Å². The summed E-state index contributed by atoms with van der Waals surface area (Å²) in [6.07, 6.45) is 1.97. The highest BCUT2D eigenvalue weighted by molar-refractivity contribution is 6.31. The summed E-state index contributed by atoms with van der Waals surface area (Å²) in [5.41, 5.74) is 2.23. The molecule has 86 valence electrons. The minimum Gasteiger partial charge on any atom is -0.395 e. The van der Waals surface area contributed by atoms with Gasteiger partial charge in [-0.1, -0.05) is 17.7 Å². The molecule has 0 unspecified atom stereocenters. The van der Waals surface area contributed by atoms with E-state index in [0.29, 0.717) is 0 Å². The van der Waals surface area contributed by atoms with Gasteiger partial charge < -0.3 is 15.4 Å². The maximum atomic E-state index is 8.93. The summed E-state index contributed by atoms with van der Waals surface area (Å²) >= 11 is 5.91. The second kappa shape index (κ2) is 4.87. The number of fused-ring (bicyclic) bond motifs is 1. The average molecular weight is 239 g/mol. The smallest absolute Gasteiger partial charge is 0.0582 e. The number of hydrogen-bond donors (Lipinski definition) is 3. The van der Waals surface area contributed by atoms with Crippen molar-refractivity contribution in [2.45, 2.75) is 19.5 Å². The first-order valence-electron chi connectivity index (χ1n) is 5.30. The molecule has 3 nitrogen and oxygen atoms in total. The predicted octanol–water partition coefficient (Wildman–Crippen LogP) is 2.29. The molecule has 0 saturated carbocycles. The van der Waals surface area contributed by atoms with Crippen molar-refractivity contribution >= 4 is 22.5 Å². The largest absolute Gasteiger partial charge is 0.395 e. The van der Waals surface area contributed by atoms with Crippen molar-refractivity contribution in [3.63, 3.8) is 0 Å². The highest BCUT2D eigenvalue weighted by Crippen LogP contribution is 2.21. The topological polar surface area (TPSA) is 48.0 Å². The van der Waals surface area contributed by atoms with E-state index in [-0.39, 0.29) is 12.6 Å². The van der Waals surface area contributed by atoms with Crippen LogP contribution in [-0.4, -0.2) is 22.7 Å². The van der Waals surface area contributed by atoms with Crippen LogP contribution in [0.25, 0.3) is 10.9 Å². The van der Waals surface area contributed by atoms with Gasteiger partial charge in [-0.3, -0.25) is 0 Å². The average Bonchev–Trinajstić information content (AvgIpc) is 2.68. The molecule has 4 heteroatoms. The Morgan fingerprint density at radius 2 is 2.31 bits per heavy atom. The molecule has 1 heterocycles. The van der Waals surface area contributed by atoms with Crippen LogP contribution in [0, 0.1) is 0 Å². The quantitative estimate of drug-likeness (QED) is 0.766. The fourth-order valence-electron chi connectivity index (χ4n) is 1.65. The zero-order valence-electron chi connectivity index (χ0n) is 9.13. The third-order valence-electron chi connectivity index (χ3n) is 2.64. The number of aliphatic hydroxyl groups excluding tert-OH is 1. The van der Waals surface area contributed by atoms with E-state index in [1.54, 1.807) is 0 Å². The molecule has 0 radical (unpaired) electrons. The Hall–Kier alpha value is -1.03. The molecule has 3 N–H and O–H groups in total. The van der Waals surface area contributed by atoms with E-state index in [0.717, 1.165) is 17.1 Å². The lowest BCUT2D eigenvalue weighted by atomic mass is 10.1. The Bertz CT molecular complexity index is 481. The van der Waals surface area contributed by atoms with E-state index < -0.39 is 0 Å². The maximum Gasteiger partial charge on any atom is 0.0582 e. The summed E-state index contributed by atoms with van der Waals surface area (Å²) < 4.78 is 0. The van der Waals surface area contributed by atoms with Crippen LogP contribution in [0.5, 0.6) is 0 Å². The Labute approximate surface area is 99.4 Å². The normalized spacial score (nSPS) is 13.2. The van der Waals surface area contributed by atoms with Crippen LogP contribution in [0.15, 0.2) is 24.4 Å². The van der Waals surface area contributed by atoms with Gasteiger partial charge in [-0.15, -0.1) is 0 Å². The van der Waals surface area contributed by atoms with Crippen molar-refractivity contribution in [3.8, 4) is 0 Å². The molecule has 0 aliphatic carbocycles. The Morgan fingerprint density at radius 3 is 3.06 bits per heavy atom. The molecule has 2 aromatic rings. The van der Waals surface area contributed by atoms with Crippen LogP contribution >= 0.6 is 11.6 Å². The van der Waals surface area contributed by atoms with Crippen LogP contribution in [0.4, 0.5) is 0 Å². The van der Waals surface area contributed by atoms with Gasteiger partial charge in [-0.2, -0.15) is 0 Å². The van der Waals surface area contributed by atoms with Crippen molar-refractivity contribution in [3.05, 3.63) is 35.0 Å². The summed E-state index contributed by atoms with van der Waals surface area (Å²) in [6.45, 7) is 2.84. The van der Waals surface area contributed by atoms with Gasteiger partial charge in [0.05, 0.1) is 6.61 Å². The lowest BCUT2D eigenvalue weighted by Crippen LogP contribution is -2.28. The predicted molar refractivity (Wildman–Crippen MR) is 66.7 cm³/mol. The van der Waals surface area contributed by atoms with Gasteiger partial charge in [0.15, 0.2) is 0 Å². The lowest BCUT2D eigenvalue weighted by Gasteiger charge is -2.09. The second-order valence-corrected chi connectivity index (χ2v) is 4.40. The molecule has 0 fully saturated rings. The molecule has 0 aliphatic heterocycles. The fourth-order valence-corrected chi connectivity index (χ4v) is 1.83. The maximum absolute atomic E-state index is 8.93. The van der Waals surface area contributed by atoms with E-state index >= 15 is 0 Å². The fraction of sp³-hybridized carbons (Fsp3) is 0.333. The summed E-state index contributed by atoms with van der Waals surface area (Å²) in [6, 6.07) is 5.92. The molecular formula is C12H15ClN2O. The van der Waals surface area contributed by atoms with Crippen LogP contribution in [0.1, 0.15) is 12.5 Å². The SMILES string of the molecule is C[C@H](CO)NCc1c[nH]c2cc(Cl)ccc12. The van der Waals surface area contributed by atoms with E-state index in [1.165, 1.54) is 10.9 Å². The number of hydrogen-bond acceptors (Lipinski definition) is 2. The summed E-state index contributed by atoms with van der Waals surface area (Å²) in [7, 11) is 0. The lowest BCUT2D eigenvalue weighted by molar-refractivity contribution is 0.251. The number of H-pyrrole nitrogens is 1. The van der Waals surface area contributed by atoms with Crippen LogP contribution < -0.4 is 5.32 Å². The highest BCUT2D eigenvalue weighted by Gasteiger charge is 2.05. The Kier molecular flexibility index (Phi) is 3.49. The number of aliphatic hydroxyl groups is 1. The monoisotopic (exact) mass is 238 g/mol. The Morgan fingerprint density at radius 1 is 1.50 bits per heavy atom. The molecule has 0 spiro atoms. The van der Waals surface area contributed by atoms with Gasteiger partial charge in [0, 0.05) is 34.7 Å². The zero-order chi connectivity index (χ0) is 11.5. The molecule has 1 aromatic carbocycles. The summed E-state index contributed by atoms with van der Waals surface area (Å²) in [5.74, 6) is 0. The molecule has 0 aliphatic rings. The van der Waals surface area contributed by atoms with E-state index in [1.807, 2.05) is 31.3 Å². The van der Waals surface area contributed by atoms with Crippen molar-refractivity contribution < 1.29 is 5.11 Å². The minimum atomic E-state index is 0.109. The van der Waals surface area contributed by atoms with Gasteiger partial charge >= 0.3 is 0 Å². The third-order valence-corrected chi connectivity index (χ3v) is 2.88. The Balaban J connectivity index is 2.19. The molecule has 0 bridgehead atoms. The number of halogens is 1. The molecule has 16 heavy (non-hydrogen) atoms. The van der Waals surface area contributed by atoms with Crippen LogP contribution in [-0.2, 0) is 6.54 Å². The number of aromatic amines is 1. The molecule has 0 saturated heterocycles. The number of rotatable bonds is 4. The third kappa shape index (κ3) is 2.38. The van der Waals surface area contributed by atoms with E-state index in [4.69, 9.17) is 16.7 Å². The second-order valence-electron chi connectivity index (χ2n) is 3.97. The van der Waals surface area contributed by atoms with Gasteiger partial charge in [0.25, 0.3) is 0 Å². The first kappa shape index (κ1) is 11.5. The van der Waals surface area contributed by atoms with E-state index in [2.05, 4.69) is 10.3 Å². The first-order chi connectivity index (χ1) is 7.70. The molecule has 0 amide bonds. The highest BCUT2D eigenvalue weighted by atomic mass is 35.5. The number of benzene rings is 1. The van der Waals surface area contributed by atoms with Gasteiger partial charge in [-0.25, -0.2) is 0 Å².